The number of aliphatic imine (C=N–C) groups is 4. The molecule has 0 fully saturated rings. The Balaban J connectivity index is -0.000000214. The first-order valence-corrected chi connectivity index (χ1v) is 41.5. The van der Waals surface area contributed by atoms with E-state index in [4.69, 9.17) is 188 Å². The van der Waals surface area contributed by atoms with Crippen LogP contribution in [0.2, 0.25) is 40.2 Å². The quantitative estimate of drug-likeness (QED) is 0.0147. The number of anilines is 8. The fourth-order valence-corrected chi connectivity index (χ4v) is 11.6. The molecular formula is C84H96Cl14N16Na2O14. The number of nitriles is 4. The third-order valence-electron chi connectivity index (χ3n) is 14.6. The van der Waals surface area contributed by atoms with E-state index in [1.165, 1.54) is 48.7 Å². The summed E-state index contributed by atoms with van der Waals surface area (Å²) >= 11 is 58.7. The van der Waals surface area contributed by atoms with Crippen LogP contribution in [0, 0.1) is 59.2 Å². The predicted molar refractivity (Wildman–Crippen MR) is 525 cm³/mol. The fourth-order valence-electron chi connectivity index (χ4n) is 9.39. The van der Waals surface area contributed by atoms with Crippen LogP contribution >= 0.6 is 159 Å². The number of nitrogens with zero attached hydrogens (tertiary/aromatic N) is 8. The van der Waals surface area contributed by atoms with E-state index in [9.17, 15) is 28.8 Å². The molecule has 130 heavy (non-hydrogen) atoms. The van der Waals surface area contributed by atoms with Crippen molar-refractivity contribution in [3.63, 3.8) is 0 Å². The molecule has 0 spiro atoms. The zero-order valence-electron chi connectivity index (χ0n) is 74.1. The number of rotatable bonds is 20. The maximum Gasteiger partial charge on any atom is 1.00 e. The summed E-state index contributed by atoms with van der Waals surface area (Å²) in [6, 6.07) is 34.7. The Hall–Kier alpha value is -7.44. The Morgan fingerprint density at radius 1 is 0.354 bits per heavy atom. The van der Waals surface area contributed by atoms with Crippen molar-refractivity contribution in [3.05, 3.63) is 204 Å². The van der Waals surface area contributed by atoms with Crippen LogP contribution in [0.1, 0.15) is 108 Å². The van der Waals surface area contributed by atoms with E-state index in [1.54, 1.807) is 113 Å². The summed E-state index contributed by atoms with van der Waals surface area (Å²) < 4.78 is 19.9. The Labute approximate surface area is 871 Å². The Bertz CT molecular complexity index is 5110. The summed E-state index contributed by atoms with van der Waals surface area (Å²) in [5.74, 6) is -0.861. The topological polar surface area (TPSA) is 495 Å². The van der Waals surface area contributed by atoms with Crippen LogP contribution in [-0.4, -0.2) is 129 Å². The van der Waals surface area contributed by atoms with E-state index in [2.05, 4.69) is 122 Å². The normalized spacial score (nSPS) is 8.91. The Morgan fingerprint density at radius 2 is 0.615 bits per heavy atom. The van der Waals surface area contributed by atoms with E-state index in [1.807, 2.05) is 43.3 Å². The second-order valence-corrected chi connectivity index (χ2v) is 26.9. The zero-order valence-corrected chi connectivity index (χ0v) is 88.7. The largest absolute Gasteiger partial charge is 1.00 e. The molecule has 0 saturated carbocycles. The van der Waals surface area contributed by atoms with Gasteiger partial charge in [-0.25, -0.2) is 0 Å². The van der Waals surface area contributed by atoms with E-state index in [0.29, 0.717) is 173 Å². The number of methoxy groups -OCH3 is 4. The van der Waals surface area contributed by atoms with Crippen molar-refractivity contribution in [1.29, 1.82) is 21.0 Å². The molecule has 8 aromatic rings. The van der Waals surface area contributed by atoms with Crippen molar-refractivity contribution < 1.29 is 127 Å². The summed E-state index contributed by atoms with van der Waals surface area (Å²) in [5.41, 5.74) is 24.8. The van der Waals surface area contributed by atoms with Crippen molar-refractivity contribution in [2.24, 2.45) is 20.0 Å². The van der Waals surface area contributed by atoms with Crippen LogP contribution in [0.25, 0.3) is 0 Å². The molecule has 0 aliphatic carbocycles. The molecule has 30 nitrogen and oxygen atoms in total. The van der Waals surface area contributed by atoms with Crippen molar-refractivity contribution in [3.8, 4) is 24.3 Å². The number of carbonyl (C=O) groups excluding carboxylic acids is 6. The van der Waals surface area contributed by atoms with Gasteiger partial charge in [0.05, 0.1) is 120 Å². The molecule has 46 heteroatoms. The molecule has 8 aromatic carbocycles. The number of hydrogen-bond acceptors (Lipinski definition) is 24. The van der Waals surface area contributed by atoms with E-state index in [0.717, 1.165) is 50.7 Å². The number of hydrogen-bond donors (Lipinski definition) is 10. The molecular weight excluding hydrogens is 2000 g/mol. The van der Waals surface area contributed by atoms with Gasteiger partial charge in [0, 0.05) is 181 Å². The smallest absolute Gasteiger partial charge is 0.857 e. The first-order valence-electron chi connectivity index (χ1n) is 35.1. The van der Waals surface area contributed by atoms with Gasteiger partial charge in [-0.05, 0) is 130 Å². The van der Waals surface area contributed by atoms with Gasteiger partial charge in [0.1, 0.15) is 47.0 Å². The maximum atomic E-state index is 11.1. The van der Waals surface area contributed by atoms with Crippen LogP contribution < -0.4 is 113 Å². The van der Waals surface area contributed by atoms with Gasteiger partial charge in [0.2, 0.25) is 35.4 Å². The summed E-state index contributed by atoms with van der Waals surface area (Å²) in [6.45, 7) is 27.1. The second kappa shape index (κ2) is 82.3. The number of halogens is 14. The van der Waals surface area contributed by atoms with Crippen molar-refractivity contribution in [1.82, 2.24) is 0 Å². The monoisotopic (exact) mass is 2090 g/mol. The number of aryl methyl sites for hydroxylation is 1. The Morgan fingerprint density at radius 3 is 0.969 bits per heavy atom. The van der Waals surface area contributed by atoms with Gasteiger partial charge < -0.3 is 82.7 Å². The summed E-state index contributed by atoms with van der Waals surface area (Å²) in [4.78, 5) is 81.0. The van der Waals surface area contributed by atoms with Crippen molar-refractivity contribution >= 4 is 290 Å². The van der Waals surface area contributed by atoms with Crippen molar-refractivity contribution in [2.45, 2.75) is 93.6 Å². The number of aliphatic hydroxyl groups excluding tert-OH is 2. The number of benzene rings is 8. The summed E-state index contributed by atoms with van der Waals surface area (Å²) in [7, 11) is 26.2. The van der Waals surface area contributed by atoms with Gasteiger partial charge in [-0.3, -0.25) is 48.7 Å². The van der Waals surface area contributed by atoms with E-state index in [-0.39, 0.29) is 113 Å². The van der Waals surface area contributed by atoms with Crippen molar-refractivity contribution in [2.75, 3.05) is 100 Å². The molecule has 0 heterocycles. The number of nitrogen functional groups attached to an aromatic ring is 2. The summed E-state index contributed by atoms with van der Waals surface area (Å²) in [6.07, 6.45) is 0. The molecule has 0 unspecified atom stereocenters. The molecule has 0 atom stereocenters. The number of ether oxygens (including phenoxy) is 4. The molecule has 0 aromatic heterocycles. The summed E-state index contributed by atoms with van der Waals surface area (Å²) in [5, 5.41) is 85.3. The number of amides is 6. The number of nitrogens with one attached hydrogen (secondary N) is 6. The molecule has 0 bridgehead atoms. The number of alkyl halides is 2. The minimum absolute atomic E-state index is 0. The Kier molecular flexibility index (Phi) is 87.3. The van der Waals surface area contributed by atoms with Crippen LogP contribution in [0.4, 0.5) is 68.2 Å². The van der Waals surface area contributed by atoms with E-state index >= 15 is 0 Å². The van der Waals surface area contributed by atoms with Gasteiger partial charge >= 0.3 is 59.1 Å². The molecule has 0 aliphatic rings. The molecule has 0 saturated heterocycles. The zero-order chi connectivity index (χ0) is 100. The van der Waals surface area contributed by atoms with Gasteiger partial charge in [-0.1, -0.05) is 117 Å². The van der Waals surface area contributed by atoms with Crippen LogP contribution in [0.15, 0.2) is 117 Å². The van der Waals surface area contributed by atoms with Gasteiger partial charge in [0.25, 0.3) is 0 Å². The van der Waals surface area contributed by atoms with Crippen LogP contribution in [0.5, 0.6) is 0 Å². The first kappa shape index (κ1) is 138. The van der Waals surface area contributed by atoms with Crippen LogP contribution in [0.3, 0.4) is 0 Å². The minimum atomic E-state index is -0.264. The van der Waals surface area contributed by atoms with Gasteiger partial charge in [-0.15, -0.1) is 23.2 Å². The third-order valence-corrected chi connectivity index (χ3v) is 17.9. The molecule has 6 amide bonds. The number of nitrogens with two attached hydrogens (primary N) is 2. The molecule has 12 N–H and O–H groups in total. The molecule has 0 aliphatic heterocycles. The average molecular weight is 2100 g/mol. The van der Waals surface area contributed by atoms with Crippen LogP contribution in [-0.2, 0) is 85.9 Å². The molecule has 0 radical (unpaired) electrons. The number of carbonyl (C=O) groups is 6. The molecule has 8 rings (SSSR count). The second-order valence-electron chi connectivity index (χ2n) is 23.1. The maximum absolute atomic E-state index is 11.1. The fraction of sp³-hybridized carbons (Fsp3) is 0.262. The standard InChI is InChI=1S/C11H13ClN2O2.C11H11ClN2O2.C10H10Cl2N2O.C10H8Cl2N2O.C10H11ClN2O.C10H9ClN2O.C9H11ClN2O.C9H9ClN2O.2CH4O.2CH3O.2Cl2.2Na/c1-7(15)14-10-8(6-16-3)4-5-9(12)11(10)13-2;1-7(15)14-11-8(5-13)3-4-10(12)9(11)6-16-2;1-6(15)14-9-7(5-11)3-4-8(12)10(9)13-2;1-6(15)14-10-7(5-13)2-3-9(12)8(10)4-11;1-6-4-5-8(11)10(12-3)9(6)13-7(2)14;1-6-9(11)4-3-8(5-12)10(6)13-7(2)14;1-12-9-7(10)4-3-6(5-13-2)8(9)11;1-13-5-7-8(10)3-2-6(4-11)9(7)12;6*1-2;;/h4-5H,2,6H2,1,3H3,(H,14,15);3-4H,6H2,1-2H3,(H,14,15);3-4H,2,5H2,1H3,(H,14,15);2-3H,4H2,1H3,(H,14,15);4-5H,3H2,1-2H3,(H,13,14);3-4H,1-2H3,(H,13,14);3-4H,1,5,11H2,2H3;2-3H,5,12H2,1H3;2*2H,1H3;2*1H3;;;;/q;;;;;;;;;;2*-1;;;2*+1. The van der Waals surface area contributed by atoms with E-state index < -0.39 is 0 Å². The average Bonchev–Trinajstić information content (AvgIpc) is 0.824. The SMILES string of the molecule is C=Nc1c(Cl)ccc(C)c1NC(C)=O.C=Nc1c(Cl)ccc(CCl)c1NC(C)=O.C=Nc1c(Cl)ccc(COC)c1N.C=Nc1c(Cl)ccc(COC)c1NC(C)=O.CC(=O)Nc1c(C#N)ccc(Cl)c1C.CC(=O)Nc1c(C#N)ccc(Cl)c1CCl.CO.CO.COCc1c(Cl)ccc(C#N)c1N.COCc1c(Cl)ccc(C#N)c1NC(C)=O.C[O-].C[O-].ClCl.ClCl.[Na+].[Na+]. The predicted octanol–water partition coefficient (Wildman–Crippen LogP) is 15.1. The third kappa shape index (κ3) is 50.6. The molecule has 696 valence electrons. The van der Waals surface area contributed by atoms with Gasteiger partial charge in [-0.2, -0.15) is 35.3 Å². The minimum Gasteiger partial charge on any atom is -0.857 e. The first-order chi connectivity index (χ1) is 60.9. The van der Waals surface area contributed by atoms with Gasteiger partial charge in [0.15, 0.2) is 0 Å². The number of aliphatic hydroxyl groups is 2.